The normalized spacial score (nSPS) is 20.9. The zero-order valence-corrected chi connectivity index (χ0v) is 26.9. The number of nitrogens with zero attached hydrogens (tertiary/aromatic N) is 3. The Balaban J connectivity index is 2.76. The standard InChI is InChI=1S/C28H39N3O13S/c1-7-9-11-29(12-10-8-2)20-14-24(22(31(38)39)13-21(20)30(36)37)45-28-27(43-19(6)35)26(42-18(5)34)25(41-17(4)33)23(44-28)15-40-16(3)32/h13-14,23,25-28H,7-12,15H2,1-6H3/t23-,25+,26+,27-,28+/m1/s1. The van der Waals surface area contributed by atoms with E-state index in [0.717, 1.165) is 46.6 Å². The zero-order valence-electron chi connectivity index (χ0n) is 26.0. The molecule has 1 saturated heterocycles. The fourth-order valence-electron chi connectivity index (χ4n) is 4.64. The van der Waals surface area contributed by atoms with Crippen LogP contribution in [0.15, 0.2) is 17.0 Å². The highest BCUT2D eigenvalue weighted by Crippen LogP contribution is 2.45. The van der Waals surface area contributed by atoms with E-state index in [1.807, 2.05) is 13.8 Å². The molecular weight excluding hydrogens is 618 g/mol. The minimum absolute atomic E-state index is 0.0699. The monoisotopic (exact) mass is 657 g/mol. The van der Waals surface area contributed by atoms with Crippen molar-refractivity contribution in [1.29, 1.82) is 0 Å². The van der Waals surface area contributed by atoms with E-state index in [1.165, 1.54) is 6.07 Å². The van der Waals surface area contributed by atoms with Crippen molar-refractivity contribution in [3.63, 3.8) is 0 Å². The van der Waals surface area contributed by atoms with Crippen LogP contribution in [0.5, 0.6) is 0 Å². The molecule has 250 valence electrons. The van der Waals surface area contributed by atoms with Gasteiger partial charge in [0.2, 0.25) is 0 Å². The van der Waals surface area contributed by atoms with E-state index in [0.29, 0.717) is 37.7 Å². The van der Waals surface area contributed by atoms with Crippen LogP contribution in [0, 0.1) is 20.2 Å². The first-order chi connectivity index (χ1) is 21.2. The highest BCUT2D eigenvalue weighted by molar-refractivity contribution is 8.00. The number of esters is 4. The van der Waals surface area contributed by atoms with Gasteiger partial charge in [-0.25, -0.2) is 0 Å². The van der Waals surface area contributed by atoms with E-state index in [-0.39, 0.29) is 10.6 Å². The summed E-state index contributed by atoms with van der Waals surface area (Å²) in [4.78, 5) is 72.6. The fourth-order valence-corrected chi connectivity index (χ4v) is 5.87. The molecule has 0 amide bonds. The van der Waals surface area contributed by atoms with Crippen molar-refractivity contribution in [2.75, 3.05) is 24.6 Å². The fraction of sp³-hybridized carbons (Fsp3) is 0.643. The van der Waals surface area contributed by atoms with Crippen LogP contribution in [-0.2, 0) is 42.9 Å². The summed E-state index contributed by atoms with van der Waals surface area (Å²) in [5, 5.41) is 24.3. The van der Waals surface area contributed by atoms with Crippen molar-refractivity contribution in [2.24, 2.45) is 0 Å². The number of thioether (sulfide) groups is 1. The lowest BCUT2D eigenvalue weighted by molar-refractivity contribution is -0.395. The first-order valence-corrected chi connectivity index (χ1v) is 15.3. The Kier molecular flexibility index (Phi) is 14.5. The lowest BCUT2D eigenvalue weighted by Crippen LogP contribution is -2.61. The zero-order chi connectivity index (χ0) is 33.8. The summed E-state index contributed by atoms with van der Waals surface area (Å²) in [6.45, 7) is 8.72. The van der Waals surface area contributed by atoms with Crippen molar-refractivity contribution in [3.8, 4) is 0 Å². The number of anilines is 1. The summed E-state index contributed by atoms with van der Waals surface area (Å²) in [6.07, 6.45) is -2.62. The molecule has 1 aliphatic heterocycles. The summed E-state index contributed by atoms with van der Waals surface area (Å²) in [5.41, 5.74) is -2.28. The number of unbranched alkanes of at least 4 members (excludes halogenated alkanes) is 2. The summed E-state index contributed by atoms with van der Waals surface area (Å²) >= 11 is 0.696. The quantitative estimate of drug-likeness (QED) is 0.106. The molecule has 17 heteroatoms. The van der Waals surface area contributed by atoms with E-state index < -0.39 is 81.6 Å². The third-order valence-corrected chi connectivity index (χ3v) is 7.74. The molecule has 1 aromatic carbocycles. The van der Waals surface area contributed by atoms with Gasteiger partial charge in [-0.05, 0) is 18.9 Å². The maximum atomic E-state index is 12.2. The van der Waals surface area contributed by atoms with Gasteiger partial charge in [-0.3, -0.25) is 39.4 Å². The number of nitro groups is 2. The van der Waals surface area contributed by atoms with Crippen LogP contribution < -0.4 is 4.90 Å². The van der Waals surface area contributed by atoms with Gasteiger partial charge in [0, 0.05) is 40.8 Å². The van der Waals surface area contributed by atoms with Gasteiger partial charge in [0.1, 0.15) is 23.8 Å². The Bertz CT molecular complexity index is 1250. The summed E-state index contributed by atoms with van der Waals surface area (Å²) in [7, 11) is 0. The molecule has 45 heavy (non-hydrogen) atoms. The third kappa shape index (κ3) is 10.8. The molecular formula is C28H39N3O13S. The molecule has 0 spiro atoms. The predicted octanol–water partition coefficient (Wildman–Crippen LogP) is 4.08. The molecule has 1 aromatic rings. The molecule has 5 atom stereocenters. The smallest absolute Gasteiger partial charge is 0.303 e. The molecule has 0 aromatic heterocycles. The second-order valence-electron chi connectivity index (χ2n) is 10.2. The van der Waals surface area contributed by atoms with Gasteiger partial charge in [0.05, 0.1) is 20.8 Å². The summed E-state index contributed by atoms with van der Waals surface area (Å²) in [6, 6.07) is 2.19. The van der Waals surface area contributed by atoms with Gasteiger partial charge < -0.3 is 28.6 Å². The van der Waals surface area contributed by atoms with E-state index in [9.17, 15) is 39.4 Å². The lowest BCUT2D eigenvalue weighted by Gasteiger charge is -2.44. The highest BCUT2D eigenvalue weighted by Gasteiger charge is 2.53. The first-order valence-electron chi connectivity index (χ1n) is 14.4. The highest BCUT2D eigenvalue weighted by atomic mass is 32.2. The minimum Gasteiger partial charge on any atom is -0.463 e. The van der Waals surface area contributed by atoms with Crippen molar-refractivity contribution < 1.29 is 52.7 Å². The Labute approximate surface area is 264 Å². The number of carbonyl (C=O) groups excluding carboxylic acids is 4. The SMILES string of the molecule is CCCCN(CCCC)c1cc(S[C@@H]2O[C@H](COC(C)=O)[C@H](OC(C)=O)[C@H](OC(C)=O)[C@H]2OC(C)=O)c([N+](=O)[O-])cc1[N+](=O)[O-]. The van der Waals surface area contributed by atoms with Gasteiger partial charge >= 0.3 is 23.9 Å². The molecule has 0 unspecified atom stereocenters. The Hall–Kier alpha value is -3.99. The van der Waals surface area contributed by atoms with Gasteiger partial charge in [-0.2, -0.15) is 0 Å². The van der Waals surface area contributed by atoms with Gasteiger partial charge in [0.25, 0.3) is 11.4 Å². The second kappa shape index (κ2) is 17.5. The summed E-state index contributed by atoms with van der Waals surface area (Å²) < 4.78 is 27.5. The second-order valence-corrected chi connectivity index (χ2v) is 11.3. The van der Waals surface area contributed by atoms with Gasteiger partial charge in [-0.1, -0.05) is 38.5 Å². The van der Waals surface area contributed by atoms with E-state index >= 15 is 0 Å². The topological polar surface area (TPSA) is 204 Å². The largest absolute Gasteiger partial charge is 0.463 e. The molecule has 0 aliphatic carbocycles. The maximum absolute atomic E-state index is 12.2. The maximum Gasteiger partial charge on any atom is 0.303 e. The van der Waals surface area contributed by atoms with Crippen molar-refractivity contribution >= 4 is 52.7 Å². The number of ether oxygens (including phenoxy) is 5. The number of hydrogen-bond acceptors (Lipinski definition) is 15. The molecule has 0 bridgehead atoms. The molecule has 0 radical (unpaired) electrons. The number of benzene rings is 1. The molecule has 0 saturated carbocycles. The number of nitro benzene ring substituents is 2. The van der Waals surface area contributed by atoms with Crippen LogP contribution >= 0.6 is 11.8 Å². The molecule has 1 aliphatic rings. The average Bonchev–Trinajstić information content (AvgIpc) is 2.94. The minimum atomic E-state index is -1.48. The van der Waals surface area contributed by atoms with Gasteiger partial charge in [0.15, 0.2) is 18.3 Å². The predicted molar refractivity (Wildman–Crippen MR) is 160 cm³/mol. The van der Waals surface area contributed by atoms with Crippen LogP contribution in [0.25, 0.3) is 0 Å². The Morgan fingerprint density at radius 2 is 1.31 bits per heavy atom. The van der Waals surface area contributed by atoms with Gasteiger partial charge in [-0.15, -0.1) is 0 Å². The van der Waals surface area contributed by atoms with Crippen molar-refractivity contribution in [1.82, 2.24) is 0 Å². The van der Waals surface area contributed by atoms with E-state index in [1.54, 1.807) is 4.90 Å². The third-order valence-electron chi connectivity index (χ3n) is 6.54. The molecule has 1 fully saturated rings. The van der Waals surface area contributed by atoms with E-state index in [2.05, 4.69) is 0 Å². The molecule has 0 N–H and O–H groups in total. The van der Waals surface area contributed by atoms with Crippen LogP contribution in [-0.4, -0.2) is 83.3 Å². The lowest BCUT2D eigenvalue weighted by atomic mass is 9.99. The average molecular weight is 658 g/mol. The van der Waals surface area contributed by atoms with Crippen LogP contribution in [0.3, 0.4) is 0 Å². The van der Waals surface area contributed by atoms with E-state index in [4.69, 9.17) is 23.7 Å². The molecule has 1 heterocycles. The Morgan fingerprint density at radius 3 is 1.78 bits per heavy atom. The molecule has 2 rings (SSSR count). The van der Waals surface area contributed by atoms with Crippen LogP contribution in [0.1, 0.15) is 67.2 Å². The summed E-state index contributed by atoms with van der Waals surface area (Å²) in [5.74, 6) is -3.19. The first kappa shape index (κ1) is 37.2. The Morgan fingerprint density at radius 1 is 0.800 bits per heavy atom. The van der Waals surface area contributed by atoms with Crippen LogP contribution in [0.4, 0.5) is 17.1 Å². The van der Waals surface area contributed by atoms with Crippen LogP contribution in [0.2, 0.25) is 0 Å². The number of rotatable bonds is 16. The molecule has 16 nitrogen and oxygen atoms in total. The number of carbonyl (C=O) groups is 4. The van der Waals surface area contributed by atoms with Crippen molar-refractivity contribution in [2.45, 2.75) is 102 Å². The van der Waals surface area contributed by atoms with Crippen molar-refractivity contribution in [3.05, 3.63) is 32.4 Å². The number of hydrogen-bond donors (Lipinski definition) is 0.